The molecule has 2 saturated heterocycles. The monoisotopic (exact) mass is 332 g/mol. The minimum absolute atomic E-state index is 0.168. The topological polar surface area (TPSA) is 72.5 Å². The molecule has 2 aliphatic heterocycles. The van der Waals surface area contributed by atoms with Crippen LogP contribution in [0.4, 0.5) is 0 Å². The summed E-state index contributed by atoms with van der Waals surface area (Å²) in [6.45, 7) is 2.66. The lowest BCUT2D eigenvalue weighted by molar-refractivity contribution is -0.152. The van der Waals surface area contributed by atoms with E-state index in [9.17, 15) is 9.90 Å². The molecule has 3 heterocycles. The summed E-state index contributed by atoms with van der Waals surface area (Å²) in [5, 5.41) is 9.76. The molecule has 0 radical (unpaired) electrons. The third-order valence-corrected chi connectivity index (χ3v) is 6.30. The van der Waals surface area contributed by atoms with Gasteiger partial charge in [0.25, 0.3) is 0 Å². The van der Waals surface area contributed by atoms with Crippen LogP contribution in [0.15, 0.2) is 12.5 Å². The summed E-state index contributed by atoms with van der Waals surface area (Å²) in [4.78, 5) is 25.3. The van der Waals surface area contributed by atoms with E-state index in [0.29, 0.717) is 11.9 Å². The van der Waals surface area contributed by atoms with Crippen LogP contribution in [0, 0.1) is 0 Å². The fraction of sp³-hybridized carbons (Fsp3) is 0.778. The first-order valence-electron chi connectivity index (χ1n) is 9.40. The van der Waals surface area contributed by atoms with Gasteiger partial charge in [-0.15, -0.1) is 0 Å². The highest BCUT2D eigenvalue weighted by Gasteiger charge is 2.51. The van der Waals surface area contributed by atoms with Crippen molar-refractivity contribution < 1.29 is 9.90 Å². The van der Waals surface area contributed by atoms with Gasteiger partial charge >= 0.3 is 0 Å². The smallest absolute Gasteiger partial charge is 0.243 e. The van der Waals surface area contributed by atoms with Gasteiger partial charge in [-0.3, -0.25) is 9.69 Å². The molecule has 1 saturated carbocycles. The van der Waals surface area contributed by atoms with Crippen molar-refractivity contribution in [3.63, 3.8) is 0 Å². The number of H-pyrrole nitrogens is 1. The van der Waals surface area contributed by atoms with Gasteiger partial charge in [0.05, 0.1) is 12.4 Å². The molecule has 1 aliphatic carbocycles. The number of likely N-dealkylation sites (tertiary alicyclic amines) is 2. The number of rotatable bonds is 3. The zero-order chi connectivity index (χ0) is 16.6. The first-order valence-corrected chi connectivity index (χ1v) is 9.40. The van der Waals surface area contributed by atoms with E-state index in [1.165, 1.54) is 0 Å². The zero-order valence-corrected chi connectivity index (χ0v) is 14.3. The van der Waals surface area contributed by atoms with Crippen LogP contribution in [0.5, 0.6) is 0 Å². The molecular weight excluding hydrogens is 304 g/mol. The number of carbonyl (C=O) groups excluding carboxylic acids is 1. The van der Waals surface area contributed by atoms with Crippen molar-refractivity contribution in [1.82, 2.24) is 19.8 Å². The first kappa shape index (κ1) is 16.1. The predicted molar refractivity (Wildman–Crippen MR) is 90.2 cm³/mol. The second-order valence-corrected chi connectivity index (χ2v) is 7.70. The number of aliphatic hydroxyl groups excluding tert-OH is 1. The Morgan fingerprint density at radius 3 is 2.67 bits per heavy atom. The fourth-order valence-corrected chi connectivity index (χ4v) is 5.00. The summed E-state index contributed by atoms with van der Waals surface area (Å²) >= 11 is 0. The Morgan fingerprint density at radius 2 is 1.96 bits per heavy atom. The van der Waals surface area contributed by atoms with Crippen molar-refractivity contribution in [2.45, 2.75) is 75.6 Å². The van der Waals surface area contributed by atoms with Gasteiger partial charge in [-0.05, 0) is 57.9 Å². The number of carbonyl (C=O) groups is 1. The van der Waals surface area contributed by atoms with E-state index in [2.05, 4.69) is 19.8 Å². The van der Waals surface area contributed by atoms with Crippen molar-refractivity contribution >= 4 is 5.91 Å². The number of aromatic amines is 1. The molecular formula is C18H28N4O2. The number of aromatic nitrogens is 2. The molecule has 2 N–H and O–H groups in total. The van der Waals surface area contributed by atoms with E-state index in [1.54, 1.807) is 6.33 Å². The van der Waals surface area contributed by atoms with Crippen molar-refractivity contribution in [2.24, 2.45) is 0 Å². The van der Waals surface area contributed by atoms with Gasteiger partial charge in [-0.1, -0.05) is 0 Å². The van der Waals surface area contributed by atoms with E-state index >= 15 is 0 Å². The number of nitrogens with zero attached hydrogens (tertiary/aromatic N) is 3. The highest BCUT2D eigenvalue weighted by molar-refractivity contribution is 5.87. The zero-order valence-electron chi connectivity index (χ0n) is 14.3. The number of piperidine rings is 1. The number of aliphatic hydroxyl groups is 1. The van der Waals surface area contributed by atoms with Crippen molar-refractivity contribution in [3.05, 3.63) is 18.2 Å². The molecule has 1 aromatic heterocycles. The minimum atomic E-state index is -0.306. The van der Waals surface area contributed by atoms with Crippen molar-refractivity contribution in [2.75, 3.05) is 13.1 Å². The van der Waals surface area contributed by atoms with Gasteiger partial charge in [0.15, 0.2) is 0 Å². The van der Waals surface area contributed by atoms with Crippen LogP contribution in [0.1, 0.15) is 57.1 Å². The maximum atomic E-state index is 13.5. The van der Waals surface area contributed by atoms with Crippen molar-refractivity contribution in [3.8, 4) is 0 Å². The number of hydrogen-bond acceptors (Lipinski definition) is 4. The molecule has 4 rings (SSSR count). The quantitative estimate of drug-likeness (QED) is 0.883. The van der Waals surface area contributed by atoms with Crippen LogP contribution >= 0.6 is 0 Å². The molecule has 6 nitrogen and oxygen atoms in total. The predicted octanol–water partition coefficient (Wildman–Crippen LogP) is 1.67. The summed E-state index contributed by atoms with van der Waals surface area (Å²) in [5.41, 5.74) is 0.779. The Balaban J connectivity index is 1.52. The maximum Gasteiger partial charge on any atom is 0.243 e. The van der Waals surface area contributed by atoms with E-state index in [4.69, 9.17) is 0 Å². The number of hydrogen-bond donors (Lipinski definition) is 2. The van der Waals surface area contributed by atoms with Gasteiger partial charge in [0.1, 0.15) is 5.54 Å². The summed E-state index contributed by atoms with van der Waals surface area (Å²) < 4.78 is 0. The lowest BCUT2D eigenvalue weighted by atomic mass is 9.82. The van der Waals surface area contributed by atoms with Gasteiger partial charge in [-0.25, -0.2) is 4.98 Å². The molecule has 24 heavy (non-hydrogen) atoms. The summed E-state index contributed by atoms with van der Waals surface area (Å²) in [5.74, 6) is 0.340. The van der Waals surface area contributed by atoms with Gasteiger partial charge < -0.3 is 15.0 Å². The van der Waals surface area contributed by atoms with Crippen LogP contribution in [0.25, 0.3) is 0 Å². The third-order valence-electron chi connectivity index (χ3n) is 6.30. The largest absolute Gasteiger partial charge is 0.393 e. The van der Waals surface area contributed by atoms with E-state index < -0.39 is 0 Å². The van der Waals surface area contributed by atoms with Crippen LogP contribution < -0.4 is 0 Å². The average molecular weight is 332 g/mol. The maximum absolute atomic E-state index is 13.5. The Hall–Kier alpha value is -1.40. The third kappa shape index (κ3) is 2.75. The first-order chi connectivity index (χ1) is 11.7. The summed E-state index contributed by atoms with van der Waals surface area (Å²) in [7, 11) is 0. The van der Waals surface area contributed by atoms with Crippen LogP contribution in [-0.2, 0) is 11.3 Å². The molecule has 6 heteroatoms. The van der Waals surface area contributed by atoms with Gasteiger partial charge in [0.2, 0.25) is 5.91 Å². The normalized spacial score (nSPS) is 35.0. The standard InChI is InChI=1S/C18H28N4O2/c23-16-5-3-15(4-6-16)22-10-2-8-18(17(22)24)7-1-9-21(18)12-14-11-19-13-20-14/h11,13,15-16,23H,1-10,12H2,(H,19,20). The number of amides is 1. The second-order valence-electron chi connectivity index (χ2n) is 7.70. The van der Waals surface area contributed by atoms with E-state index in [1.807, 2.05) is 6.20 Å². The van der Waals surface area contributed by atoms with E-state index in [0.717, 1.165) is 76.7 Å². The molecule has 1 spiro atoms. The molecule has 3 aliphatic rings. The minimum Gasteiger partial charge on any atom is -0.393 e. The average Bonchev–Trinajstić information content (AvgIpc) is 3.23. The fourth-order valence-electron chi connectivity index (χ4n) is 5.00. The molecule has 1 amide bonds. The molecule has 1 unspecified atom stereocenters. The molecule has 0 bridgehead atoms. The van der Waals surface area contributed by atoms with Crippen molar-refractivity contribution in [1.29, 1.82) is 0 Å². The van der Waals surface area contributed by atoms with Gasteiger partial charge in [0, 0.05) is 31.0 Å². The van der Waals surface area contributed by atoms with Crippen LogP contribution in [0.3, 0.4) is 0 Å². The molecule has 1 aromatic rings. The Kier molecular flexibility index (Phi) is 4.35. The molecule has 3 fully saturated rings. The highest BCUT2D eigenvalue weighted by atomic mass is 16.3. The van der Waals surface area contributed by atoms with Crippen LogP contribution in [-0.4, -0.2) is 61.6 Å². The Morgan fingerprint density at radius 1 is 1.21 bits per heavy atom. The SMILES string of the molecule is O=C1N(C2CCC(O)CC2)CCCC12CCCN2Cc1cnc[nH]1. The summed E-state index contributed by atoms with van der Waals surface area (Å²) in [6, 6.07) is 0.327. The molecule has 1 atom stereocenters. The summed E-state index contributed by atoms with van der Waals surface area (Å²) in [6.07, 6.45) is 11.1. The second kappa shape index (κ2) is 6.48. The molecule has 132 valence electrons. The lowest BCUT2D eigenvalue weighted by Crippen LogP contribution is -2.62. The van der Waals surface area contributed by atoms with Crippen LogP contribution in [0.2, 0.25) is 0 Å². The van der Waals surface area contributed by atoms with E-state index in [-0.39, 0.29) is 11.6 Å². The number of imidazole rings is 1. The molecule has 0 aromatic carbocycles. The number of nitrogens with one attached hydrogen (secondary N) is 1. The lowest BCUT2D eigenvalue weighted by Gasteiger charge is -2.48. The Labute approximate surface area is 143 Å². The highest BCUT2D eigenvalue weighted by Crippen LogP contribution is 2.40. The van der Waals surface area contributed by atoms with Gasteiger partial charge in [-0.2, -0.15) is 0 Å². The Bertz CT molecular complexity index is 568.